The average Bonchev–Trinajstić information content (AvgIpc) is 3.13. The Hall–Kier alpha value is -1.74. The second kappa shape index (κ2) is 37.3. The molecule has 0 aliphatic carbocycles. The van der Waals surface area contributed by atoms with E-state index in [1.165, 1.54) is 21.0 Å². The van der Waals surface area contributed by atoms with E-state index in [1.54, 1.807) is 6.92 Å². The van der Waals surface area contributed by atoms with Crippen LogP contribution in [-0.4, -0.2) is 81.0 Å². The summed E-state index contributed by atoms with van der Waals surface area (Å²) < 4.78 is 51.1. The van der Waals surface area contributed by atoms with Crippen LogP contribution in [0.4, 0.5) is 0 Å². The summed E-state index contributed by atoms with van der Waals surface area (Å²) in [7, 11) is -2.91. The van der Waals surface area contributed by atoms with Gasteiger partial charge >= 0.3 is 53.4 Å². The predicted octanol–water partition coefficient (Wildman–Crippen LogP) is 5.81. The zero-order valence-electron chi connectivity index (χ0n) is 39.7. The van der Waals surface area contributed by atoms with Crippen LogP contribution in [-0.2, 0) is 53.0 Å². The summed E-state index contributed by atoms with van der Waals surface area (Å²) in [5.41, 5.74) is -1.64. The van der Waals surface area contributed by atoms with Crippen molar-refractivity contribution in [2.75, 3.05) is 32.7 Å². The van der Waals surface area contributed by atoms with E-state index in [0.717, 1.165) is 51.4 Å². The fourth-order valence-electron chi connectivity index (χ4n) is 3.27. The summed E-state index contributed by atoms with van der Waals surface area (Å²) in [5, 5.41) is 2.55. The third-order valence-corrected chi connectivity index (χ3v) is 9.98. The van der Waals surface area contributed by atoms with Gasteiger partial charge in [-0.2, -0.15) is 0 Å². The second-order valence-corrected chi connectivity index (χ2v) is 17.1. The monoisotopic (exact) mass is 850 g/mol. The second-order valence-electron chi connectivity index (χ2n) is 15.7. The van der Waals surface area contributed by atoms with Gasteiger partial charge in [-0.1, -0.05) is 82.1 Å². The van der Waals surface area contributed by atoms with Gasteiger partial charge in [0.1, 0.15) is 0 Å². The Morgan fingerprint density at radius 1 is 0.614 bits per heavy atom. The van der Waals surface area contributed by atoms with Crippen LogP contribution in [0.15, 0.2) is 0 Å². The number of nitrogens with one attached hydrogen (secondary N) is 1. The molecule has 1 amide bonds. The zero-order chi connectivity index (χ0) is 45.3. The topological polar surface area (TPSA) is 191 Å². The molecule has 0 aliphatic heterocycles. The minimum absolute atomic E-state index is 0. The molecule has 0 aromatic rings. The first-order chi connectivity index (χ1) is 25.6. The first-order valence-corrected chi connectivity index (χ1v) is 22.0. The van der Waals surface area contributed by atoms with E-state index in [-0.39, 0.29) is 87.9 Å². The van der Waals surface area contributed by atoms with Crippen molar-refractivity contribution in [1.82, 2.24) is 5.32 Å². The summed E-state index contributed by atoms with van der Waals surface area (Å²) in [6.07, 6.45) is 8.13. The Balaban J connectivity index is -0.000000144. The number of carbonyl (C=O) groups is 5. The number of hydrogen-bond donors (Lipinski definition) is 1. The zero-order valence-corrected chi connectivity index (χ0v) is 42.5. The predicted molar refractivity (Wildman–Crippen MR) is 224 cm³/mol. The Morgan fingerprint density at radius 2 is 0.982 bits per heavy atom. The summed E-state index contributed by atoms with van der Waals surface area (Å²) in [6.45, 7) is 33.6. The van der Waals surface area contributed by atoms with Crippen LogP contribution in [0.3, 0.4) is 0 Å². The molecule has 3 unspecified atom stereocenters. The van der Waals surface area contributed by atoms with Crippen molar-refractivity contribution in [3.05, 3.63) is 0 Å². The molecule has 0 spiro atoms. The number of amides is 1. The van der Waals surface area contributed by atoms with E-state index in [0.29, 0.717) is 26.2 Å². The van der Waals surface area contributed by atoms with Gasteiger partial charge in [-0.3, -0.25) is 24.0 Å². The summed E-state index contributed by atoms with van der Waals surface area (Å²) in [5.74, 6) is -1.23. The molecule has 336 valence electrons. The van der Waals surface area contributed by atoms with Crippen molar-refractivity contribution >= 4 is 39.9 Å². The Morgan fingerprint density at radius 3 is 1.28 bits per heavy atom. The van der Waals surface area contributed by atoms with Crippen molar-refractivity contribution < 1.29 is 85.4 Å². The number of unbranched alkanes of at least 4 members (excludes halogenated alkanes) is 2. The smallest absolute Gasteiger partial charge is 0.748 e. The standard InChI is InChI=1S/C10H20O2.C9H19NO4S.C9H18O2.2C7H14O2.Na/c1-5-7-8-12-9(11)10(3,4)6-2;1-5-7(2)8(11)10-9(3,4)6-15(12,13)14;1-4-6-7-11-9(10)8(3)5-2;1-5-7(2,3)6(8)9-4;1-4-6(3)7(8)9-5-2;/h5-8H2,1-4H3;7H,5-6H2,1-4H3,(H,10,11)(H,12,13,14);8H,4-7H2,1-3H3;5H2,1-4H3;6H,4-5H2,1-3H3;/q;;;;;+1/p-1. The van der Waals surface area contributed by atoms with Crippen molar-refractivity contribution in [3.63, 3.8) is 0 Å². The minimum atomic E-state index is -4.32. The Labute approximate surface area is 371 Å². The van der Waals surface area contributed by atoms with Gasteiger partial charge in [0.2, 0.25) is 5.91 Å². The van der Waals surface area contributed by atoms with Gasteiger partial charge < -0.3 is 28.8 Å². The molecule has 57 heavy (non-hydrogen) atoms. The van der Waals surface area contributed by atoms with Crippen molar-refractivity contribution in [2.45, 2.75) is 181 Å². The van der Waals surface area contributed by atoms with E-state index >= 15 is 0 Å². The maximum Gasteiger partial charge on any atom is 1.00 e. The van der Waals surface area contributed by atoms with E-state index in [1.807, 2.05) is 83.1 Å². The molecule has 0 saturated heterocycles. The summed E-state index contributed by atoms with van der Waals surface area (Å²) in [6, 6.07) is 0. The van der Waals surface area contributed by atoms with E-state index in [2.05, 4.69) is 23.9 Å². The molecule has 15 heteroatoms. The maximum atomic E-state index is 11.5. The number of esters is 4. The molecule has 0 radical (unpaired) electrons. The van der Waals surface area contributed by atoms with Crippen LogP contribution >= 0.6 is 0 Å². The Kier molecular flexibility index (Phi) is 43.8. The minimum Gasteiger partial charge on any atom is -0.748 e. The molecular formula is C42H84NNaO12S. The first kappa shape index (κ1) is 67.0. The third kappa shape index (κ3) is 40.8. The molecular weight excluding hydrogens is 766 g/mol. The van der Waals surface area contributed by atoms with Gasteiger partial charge in [-0.25, -0.2) is 8.42 Å². The van der Waals surface area contributed by atoms with Crippen molar-refractivity contribution in [1.29, 1.82) is 0 Å². The summed E-state index contributed by atoms with van der Waals surface area (Å²) in [4.78, 5) is 55.4. The van der Waals surface area contributed by atoms with Gasteiger partial charge in [-0.05, 0) is 93.4 Å². The third-order valence-electron chi connectivity index (χ3n) is 8.91. The average molecular weight is 850 g/mol. The normalized spacial score (nSPS) is 12.5. The van der Waals surface area contributed by atoms with Gasteiger partial charge in [-0.15, -0.1) is 0 Å². The van der Waals surface area contributed by atoms with E-state index < -0.39 is 21.4 Å². The fourth-order valence-corrected chi connectivity index (χ4v) is 4.22. The molecule has 0 fully saturated rings. The van der Waals surface area contributed by atoms with Crippen LogP contribution in [0.1, 0.15) is 175 Å². The molecule has 0 aliphatic rings. The molecule has 3 atom stereocenters. The van der Waals surface area contributed by atoms with E-state index in [9.17, 15) is 36.9 Å². The number of carbonyl (C=O) groups excluding carboxylic acids is 5. The quantitative estimate of drug-likeness (QED) is 0.0510. The molecule has 0 bridgehead atoms. The SMILES string of the molecule is CCC(C)(C)C(=O)OC.CCC(C)C(=O)NC(C)(C)CS(=O)(=O)[O-].CCCCOC(=O)C(C)(C)CC.CCCCOC(=O)C(C)CC.CCOC(=O)C(C)CC.[Na+]. The van der Waals surface area contributed by atoms with Crippen LogP contribution in [0.2, 0.25) is 0 Å². The van der Waals surface area contributed by atoms with Gasteiger partial charge in [0.25, 0.3) is 0 Å². The number of hydrogen-bond acceptors (Lipinski definition) is 12. The fraction of sp³-hybridized carbons (Fsp3) is 0.881. The van der Waals surface area contributed by atoms with Crippen LogP contribution in [0.25, 0.3) is 0 Å². The van der Waals surface area contributed by atoms with Gasteiger partial charge in [0.15, 0.2) is 0 Å². The first-order valence-electron chi connectivity index (χ1n) is 20.4. The van der Waals surface area contributed by atoms with Crippen LogP contribution in [0.5, 0.6) is 0 Å². The van der Waals surface area contributed by atoms with Crippen molar-refractivity contribution in [2.24, 2.45) is 28.6 Å². The molecule has 1 N–H and O–H groups in total. The van der Waals surface area contributed by atoms with Crippen LogP contribution in [0, 0.1) is 28.6 Å². The molecule has 0 aromatic heterocycles. The van der Waals surface area contributed by atoms with Crippen molar-refractivity contribution in [3.8, 4) is 0 Å². The Bertz CT molecular complexity index is 1170. The summed E-state index contributed by atoms with van der Waals surface area (Å²) >= 11 is 0. The molecule has 0 aromatic carbocycles. The number of ether oxygens (including phenoxy) is 4. The molecule has 0 heterocycles. The van der Waals surface area contributed by atoms with Gasteiger partial charge in [0.05, 0.1) is 65.5 Å². The van der Waals surface area contributed by atoms with E-state index in [4.69, 9.17) is 14.2 Å². The molecule has 0 saturated carbocycles. The number of rotatable bonds is 20. The molecule has 0 rings (SSSR count). The maximum absolute atomic E-state index is 11.5. The number of methoxy groups -OCH3 is 1. The largest absolute Gasteiger partial charge is 1.00 e. The molecule has 13 nitrogen and oxygen atoms in total. The van der Waals surface area contributed by atoms with Crippen LogP contribution < -0.4 is 34.9 Å². The van der Waals surface area contributed by atoms with Gasteiger partial charge in [0, 0.05) is 11.5 Å².